The summed E-state index contributed by atoms with van der Waals surface area (Å²) in [4.78, 5) is 29.2. The lowest BCUT2D eigenvalue weighted by Crippen LogP contribution is -2.30. The SMILES string of the molecule is Cc1nc(CSCCC(=O)N2C[C@@H](C)[C@H](C(=O)O)C2)cs1. The summed E-state index contributed by atoms with van der Waals surface area (Å²) < 4.78 is 0. The van der Waals surface area contributed by atoms with Gasteiger partial charge in [0.1, 0.15) is 0 Å². The molecule has 116 valence electrons. The Morgan fingerprint density at radius 3 is 2.86 bits per heavy atom. The molecule has 0 radical (unpaired) electrons. The Hall–Kier alpha value is -1.08. The normalized spacial score (nSPS) is 21.7. The van der Waals surface area contributed by atoms with Crippen molar-refractivity contribution in [1.29, 1.82) is 0 Å². The van der Waals surface area contributed by atoms with Crippen LogP contribution in [0.1, 0.15) is 24.0 Å². The quantitative estimate of drug-likeness (QED) is 0.811. The Bertz CT molecular complexity index is 518. The van der Waals surface area contributed by atoms with Crippen LogP contribution in [0.25, 0.3) is 0 Å². The van der Waals surface area contributed by atoms with Gasteiger partial charge in [0.25, 0.3) is 0 Å². The molecule has 0 unspecified atom stereocenters. The fourth-order valence-corrected chi connectivity index (χ4v) is 4.00. The van der Waals surface area contributed by atoms with E-state index in [-0.39, 0.29) is 11.8 Å². The minimum absolute atomic E-state index is 0.0390. The van der Waals surface area contributed by atoms with E-state index < -0.39 is 11.9 Å². The van der Waals surface area contributed by atoms with Crippen LogP contribution >= 0.6 is 23.1 Å². The summed E-state index contributed by atoms with van der Waals surface area (Å²) in [6.45, 7) is 4.79. The summed E-state index contributed by atoms with van der Waals surface area (Å²) in [7, 11) is 0. The average Bonchev–Trinajstić information content (AvgIpc) is 3.00. The van der Waals surface area contributed by atoms with Crippen molar-refractivity contribution in [2.24, 2.45) is 11.8 Å². The smallest absolute Gasteiger partial charge is 0.308 e. The van der Waals surface area contributed by atoms with E-state index in [1.54, 1.807) is 28.0 Å². The number of aliphatic carboxylic acids is 1. The molecular weight excluding hydrogens is 308 g/mol. The molecule has 21 heavy (non-hydrogen) atoms. The number of hydrogen-bond donors (Lipinski definition) is 1. The Labute approximate surface area is 132 Å². The highest BCUT2D eigenvalue weighted by atomic mass is 32.2. The molecule has 0 saturated carbocycles. The van der Waals surface area contributed by atoms with E-state index in [2.05, 4.69) is 4.98 Å². The highest BCUT2D eigenvalue weighted by Crippen LogP contribution is 2.24. The van der Waals surface area contributed by atoms with Gasteiger partial charge in [0.05, 0.1) is 16.6 Å². The Kier molecular flexibility index (Phi) is 5.64. The molecule has 7 heteroatoms. The van der Waals surface area contributed by atoms with Crippen LogP contribution in [0, 0.1) is 18.8 Å². The van der Waals surface area contributed by atoms with Crippen LogP contribution in [-0.4, -0.2) is 45.7 Å². The monoisotopic (exact) mass is 328 g/mol. The van der Waals surface area contributed by atoms with Gasteiger partial charge in [-0.15, -0.1) is 11.3 Å². The van der Waals surface area contributed by atoms with Crippen LogP contribution in [0.4, 0.5) is 0 Å². The van der Waals surface area contributed by atoms with Gasteiger partial charge in [-0.25, -0.2) is 4.98 Å². The number of carboxylic acids is 1. The van der Waals surface area contributed by atoms with Crippen molar-refractivity contribution < 1.29 is 14.7 Å². The number of thiazole rings is 1. The number of nitrogens with zero attached hydrogens (tertiary/aromatic N) is 2. The first-order chi connectivity index (χ1) is 9.97. The van der Waals surface area contributed by atoms with Crippen molar-refractivity contribution in [3.8, 4) is 0 Å². The number of aryl methyl sites for hydroxylation is 1. The molecule has 1 N–H and O–H groups in total. The molecular formula is C14H20N2O3S2. The number of amides is 1. The zero-order valence-electron chi connectivity index (χ0n) is 12.2. The lowest BCUT2D eigenvalue weighted by molar-refractivity contribution is -0.142. The predicted molar refractivity (Wildman–Crippen MR) is 84.5 cm³/mol. The highest BCUT2D eigenvalue weighted by molar-refractivity contribution is 7.98. The van der Waals surface area contributed by atoms with Crippen molar-refractivity contribution in [3.63, 3.8) is 0 Å². The van der Waals surface area contributed by atoms with Crippen LogP contribution in [0.3, 0.4) is 0 Å². The fraction of sp³-hybridized carbons (Fsp3) is 0.643. The fourth-order valence-electron chi connectivity index (χ4n) is 2.46. The third kappa shape index (κ3) is 4.44. The van der Waals surface area contributed by atoms with Crippen molar-refractivity contribution in [2.45, 2.75) is 26.0 Å². The lowest BCUT2D eigenvalue weighted by atomic mass is 9.99. The minimum atomic E-state index is -0.800. The summed E-state index contributed by atoms with van der Waals surface area (Å²) in [5, 5.41) is 12.2. The third-order valence-corrected chi connectivity index (χ3v) is 5.47. The maximum atomic E-state index is 12.1. The van der Waals surface area contributed by atoms with E-state index in [1.807, 2.05) is 19.2 Å². The maximum absolute atomic E-state index is 12.1. The highest BCUT2D eigenvalue weighted by Gasteiger charge is 2.36. The van der Waals surface area contributed by atoms with Crippen LogP contribution in [0.2, 0.25) is 0 Å². The maximum Gasteiger partial charge on any atom is 0.308 e. The van der Waals surface area contributed by atoms with Gasteiger partial charge >= 0.3 is 5.97 Å². The van der Waals surface area contributed by atoms with Crippen molar-refractivity contribution in [1.82, 2.24) is 9.88 Å². The minimum Gasteiger partial charge on any atom is -0.481 e. The van der Waals surface area contributed by atoms with Crippen LogP contribution in [-0.2, 0) is 15.3 Å². The molecule has 0 aliphatic carbocycles. The van der Waals surface area contributed by atoms with Crippen molar-refractivity contribution >= 4 is 35.0 Å². The summed E-state index contributed by atoms with van der Waals surface area (Å²) in [6, 6.07) is 0. The zero-order chi connectivity index (χ0) is 15.4. The third-order valence-electron chi connectivity index (χ3n) is 3.66. The number of carbonyl (C=O) groups is 2. The molecule has 1 saturated heterocycles. The van der Waals surface area contributed by atoms with Gasteiger partial charge in [0.15, 0.2) is 0 Å². The molecule has 1 aromatic heterocycles. The molecule has 0 aromatic carbocycles. The molecule has 2 heterocycles. The number of likely N-dealkylation sites (tertiary alicyclic amines) is 1. The van der Waals surface area contributed by atoms with Gasteiger partial charge < -0.3 is 10.0 Å². The number of thioether (sulfide) groups is 1. The summed E-state index contributed by atoms with van der Waals surface area (Å²) in [5.74, 6) is 0.458. The van der Waals surface area contributed by atoms with E-state index in [0.29, 0.717) is 19.5 Å². The number of hydrogen-bond acceptors (Lipinski definition) is 5. The summed E-state index contributed by atoms with van der Waals surface area (Å²) in [6.07, 6.45) is 0.465. The molecule has 0 spiro atoms. The predicted octanol–water partition coefficient (Wildman–Crippen LogP) is 2.25. The van der Waals surface area contributed by atoms with Crippen LogP contribution in [0.15, 0.2) is 5.38 Å². The summed E-state index contributed by atoms with van der Waals surface area (Å²) in [5.41, 5.74) is 1.07. The second-order valence-electron chi connectivity index (χ2n) is 5.38. The molecule has 1 aromatic rings. The van der Waals surface area contributed by atoms with Gasteiger partial charge in [-0.3, -0.25) is 9.59 Å². The second kappa shape index (κ2) is 7.26. The van der Waals surface area contributed by atoms with E-state index >= 15 is 0 Å². The van der Waals surface area contributed by atoms with Gasteiger partial charge in [-0.2, -0.15) is 11.8 Å². The number of rotatable bonds is 6. The van der Waals surface area contributed by atoms with Gasteiger partial charge in [-0.05, 0) is 12.8 Å². The Balaban J connectivity index is 1.69. The number of aromatic nitrogens is 1. The molecule has 1 aliphatic heterocycles. The van der Waals surface area contributed by atoms with Crippen molar-refractivity contribution in [3.05, 3.63) is 16.1 Å². The van der Waals surface area contributed by atoms with Crippen LogP contribution < -0.4 is 0 Å². The van der Waals surface area contributed by atoms with Gasteiger partial charge in [-0.1, -0.05) is 6.92 Å². The molecule has 1 fully saturated rings. The standard InChI is InChI=1S/C14H20N2O3S2/c1-9-5-16(6-12(9)14(18)19)13(17)3-4-20-7-11-8-21-10(2)15-11/h8-9,12H,3-7H2,1-2H3,(H,18,19)/t9-,12-/m1/s1. The van der Waals surface area contributed by atoms with E-state index in [9.17, 15) is 9.59 Å². The average molecular weight is 328 g/mol. The molecule has 2 atom stereocenters. The largest absolute Gasteiger partial charge is 0.481 e. The molecule has 1 amide bonds. The number of carbonyl (C=O) groups excluding carboxylic acids is 1. The van der Waals surface area contributed by atoms with Crippen LogP contribution in [0.5, 0.6) is 0 Å². The topological polar surface area (TPSA) is 70.5 Å². The molecule has 1 aliphatic rings. The molecule has 5 nitrogen and oxygen atoms in total. The first-order valence-corrected chi connectivity index (χ1v) is 9.00. The zero-order valence-corrected chi connectivity index (χ0v) is 13.9. The van der Waals surface area contributed by atoms with E-state index in [4.69, 9.17) is 5.11 Å². The lowest BCUT2D eigenvalue weighted by Gasteiger charge is -2.15. The first kappa shape index (κ1) is 16.3. The van der Waals surface area contributed by atoms with Crippen molar-refractivity contribution in [2.75, 3.05) is 18.8 Å². The summed E-state index contributed by atoms with van der Waals surface area (Å²) >= 11 is 3.33. The Morgan fingerprint density at radius 1 is 1.52 bits per heavy atom. The van der Waals surface area contributed by atoms with E-state index in [0.717, 1.165) is 22.2 Å². The second-order valence-corrected chi connectivity index (χ2v) is 7.55. The molecule has 2 rings (SSSR count). The Morgan fingerprint density at radius 2 is 2.29 bits per heavy atom. The first-order valence-electron chi connectivity index (χ1n) is 6.96. The number of carboxylic acid groups (broad SMARTS) is 1. The van der Waals surface area contributed by atoms with Gasteiger partial charge in [0, 0.05) is 36.4 Å². The molecule has 0 bridgehead atoms. The van der Waals surface area contributed by atoms with E-state index in [1.165, 1.54) is 0 Å². The van der Waals surface area contributed by atoms with Gasteiger partial charge in [0.2, 0.25) is 5.91 Å².